The minimum absolute atomic E-state index is 0.0785. The summed E-state index contributed by atoms with van der Waals surface area (Å²) >= 11 is 0. The number of para-hydroxylation sites is 1. The van der Waals surface area contributed by atoms with E-state index in [1.54, 1.807) is 12.1 Å². The number of carbonyl (C=O) groups excluding carboxylic acids is 3. The first-order valence-electron chi connectivity index (χ1n) is 10.2. The van der Waals surface area contributed by atoms with Crippen LogP contribution in [0.4, 0.5) is 10.1 Å². The van der Waals surface area contributed by atoms with Gasteiger partial charge in [-0.1, -0.05) is 44.2 Å². The van der Waals surface area contributed by atoms with Crippen molar-refractivity contribution in [3.05, 3.63) is 65.5 Å². The molecule has 30 heavy (non-hydrogen) atoms. The third-order valence-electron chi connectivity index (χ3n) is 6.82. The van der Waals surface area contributed by atoms with Gasteiger partial charge in [-0.05, 0) is 23.8 Å². The first-order chi connectivity index (χ1) is 14.3. The number of amides is 3. The van der Waals surface area contributed by atoms with Crippen LogP contribution in [0.25, 0.3) is 0 Å². The van der Waals surface area contributed by atoms with Crippen LogP contribution in [0, 0.1) is 23.6 Å². The largest absolute Gasteiger partial charge is 0.326 e. The Morgan fingerprint density at radius 2 is 1.77 bits per heavy atom. The predicted octanol–water partition coefficient (Wildman–Crippen LogP) is 1.38. The summed E-state index contributed by atoms with van der Waals surface area (Å²) in [6, 6.07) is 13.0. The number of anilines is 1. The zero-order valence-corrected chi connectivity index (χ0v) is 16.8. The maximum Gasteiger partial charge on any atom is 0.291 e. The fraction of sp³-hybridized carbons (Fsp3) is 0.348. The summed E-state index contributed by atoms with van der Waals surface area (Å²) in [6.45, 7) is 4.10. The summed E-state index contributed by atoms with van der Waals surface area (Å²) in [5, 5.41) is 4.86. The highest BCUT2D eigenvalue weighted by atomic mass is 19.1. The normalized spacial score (nSPS) is 29.7. The molecule has 6 nitrogen and oxygen atoms in total. The molecule has 3 aliphatic rings. The van der Waals surface area contributed by atoms with E-state index in [9.17, 15) is 18.8 Å². The van der Waals surface area contributed by atoms with Gasteiger partial charge in [-0.25, -0.2) is 4.39 Å². The zero-order valence-electron chi connectivity index (χ0n) is 16.8. The number of hydrogen-bond donors (Lipinski definition) is 2. The Morgan fingerprint density at radius 3 is 2.47 bits per heavy atom. The molecule has 3 aliphatic heterocycles. The summed E-state index contributed by atoms with van der Waals surface area (Å²) in [7, 11) is 0. The highest BCUT2D eigenvalue weighted by molar-refractivity contribution is 6.13. The van der Waals surface area contributed by atoms with Gasteiger partial charge in [-0.3, -0.25) is 19.3 Å². The van der Waals surface area contributed by atoms with E-state index in [0.717, 1.165) is 5.56 Å². The topological polar surface area (TPSA) is 83.1 Å². The molecule has 0 aliphatic carbocycles. The molecule has 2 fully saturated rings. The molecule has 1 spiro atoms. The van der Waals surface area contributed by atoms with Crippen molar-refractivity contribution in [2.24, 2.45) is 17.8 Å². The van der Waals surface area contributed by atoms with Gasteiger partial charge in [0.25, 0.3) is 5.91 Å². The van der Waals surface area contributed by atoms with Crippen LogP contribution in [0.1, 0.15) is 25.0 Å². The summed E-state index contributed by atoms with van der Waals surface area (Å²) in [5.74, 6) is -2.44. The van der Waals surface area contributed by atoms with Gasteiger partial charge in [0.15, 0.2) is 0 Å². The molecule has 2 saturated heterocycles. The number of nitrogens with two attached hydrogens (primary N) is 1. The molecule has 0 aromatic heterocycles. The van der Waals surface area contributed by atoms with Crippen LogP contribution in [-0.4, -0.2) is 28.7 Å². The smallest absolute Gasteiger partial charge is 0.291 e. The fourth-order valence-corrected chi connectivity index (χ4v) is 5.44. The van der Waals surface area contributed by atoms with Crippen molar-refractivity contribution < 1.29 is 24.1 Å². The molecule has 0 bridgehead atoms. The van der Waals surface area contributed by atoms with Crippen molar-refractivity contribution in [3.8, 4) is 0 Å². The molecular weight excluding hydrogens is 385 g/mol. The lowest BCUT2D eigenvalue weighted by molar-refractivity contribution is -0.738. The number of carbonyl (C=O) groups is 3. The van der Waals surface area contributed by atoms with Crippen LogP contribution in [0.2, 0.25) is 0 Å². The molecule has 3 amide bonds. The van der Waals surface area contributed by atoms with E-state index in [1.165, 1.54) is 17.0 Å². The SMILES string of the molecule is CC(C)[C@@H]1[NH2+][C@@]2(C(=O)Nc3ccccc32)[C@@H]2C(=O)N(Cc3ccc(F)cc3)C(=O)[C@@H]21. The second kappa shape index (κ2) is 6.47. The molecule has 3 N–H and O–H groups in total. The van der Waals surface area contributed by atoms with Gasteiger partial charge < -0.3 is 10.6 Å². The Hall–Kier alpha value is -3.06. The molecule has 4 atom stereocenters. The minimum atomic E-state index is -1.14. The number of likely N-dealkylation sites (tertiary alicyclic amines) is 1. The summed E-state index contributed by atoms with van der Waals surface area (Å²) < 4.78 is 13.3. The molecule has 7 heteroatoms. The van der Waals surface area contributed by atoms with Crippen LogP contribution in [-0.2, 0) is 26.5 Å². The number of nitrogens with one attached hydrogen (secondary N) is 1. The van der Waals surface area contributed by atoms with E-state index >= 15 is 0 Å². The molecule has 0 unspecified atom stereocenters. The molecule has 0 saturated carbocycles. The van der Waals surface area contributed by atoms with Gasteiger partial charge in [-0.15, -0.1) is 0 Å². The van der Waals surface area contributed by atoms with Crippen molar-refractivity contribution in [1.29, 1.82) is 0 Å². The first-order valence-corrected chi connectivity index (χ1v) is 10.2. The molecule has 2 aromatic carbocycles. The predicted molar refractivity (Wildman–Crippen MR) is 106 cm³/mol. The standard InChI is InChI=1S/C23H22FN3O3/c1-12(2)19-17-18(23(26-19)15-5-3-4-6-16(15)25-22(23)30)21(29)27(20(17)28)11-13-7-9-14(24)10-8-13/h3-10,12,17-19,26H,11H2,1-2H3,(H,25,30)/p+1/t17-,18-,19-,23+/m0/s1. The fourth-order valence-electron chi connectivity index (χ4n) is 5.44. The van der Waals surface area contributed by atoms with Crippen molar-refractivity contribution in [2.75, 3.05) is 5.32 Å². The van der Waals surface area contributed by atoms with Crippen LogP contribution < -0.4 is 10.6 Å². The summed E-state index contributed by atoms with van der Waals surface area (Å²) in [5.41, 5.74) is 0.992. The van der Waals surface area contributed by atoms with E-state index in [2.05, 4.69) is 5.32 Å². The van der Waals surface area contributed by atoms with E-state index in [-0.39, 0.29) is 42.0 Å². The van der Waals surface area contributed by atoms with Gasteiger partial charge >= 0.3 is 0 Å². The lowest BCUT2D eigenvalue weighted by atomic mass is 9.76. The minimum Gasteiger partial charge on any atom is -0.326 e. The number of benzene rings is 2. The van der Waals surface area contributed by atoms with Gasteiger partial charge in [0.1, 0.15) is 23.7 Å². The highest BCUT2D eigenvalue weighted by Crippen LogP contribution is 2.50. The van der Waals surface area contributed by atoms with Crippen molar-refractivity contribution >= 4 is 23.4 Å². The molecule has 2 aromatic rings. The Kier molecular flexibility index (Phi) is 4.08. The molecule has 5 rings (SSSR count). The van der Waals surface area contributed by atoms with Crippen molar-refractivity contribution in [2.45, 2.75) is 32.0 Å². The van der Waals surface area contributed by atoms with E-state index in [4.69, 9.17) is 0 Å². The zero-order chi connectivity index (χ0) is 21.2. The number of halogens is 1. The first kappa shape index (κ1) is 18.9. The summed E-state index contributed by atoms with van der Waals surface area (Å²) in [4.78, 5) is 41.5. The van der Waals surface area contributed by atoms with Crippen LogP contribution in [0.5, 0.6) is 0 Å². The number of fused-ring (bicyclic) bond motifs is 4. The van der Waals surface area contributed by atoms with Gasteiger partial charge in [0.05, 0.1) is 12.2 Å². The van der Waals surface area contributed by atoms with Gasteiger partial charge in [0, 0.05) is 11.5 Å². The molecule has 154 valence electrons. The van der Waals surface area contributed by atoms with Crippen LogP contribution in [0.3, 0.4) is 0 Å². The molecular formula is C23H23FN3O3+. The Balaban J connectivity index is 1.59. The monoisotopic (exact) mass is 408 g/mol. The number of nitrogens with zero attached hydrogens (tertiary/aromatic N) is 1. The Morgan fingerprint density at radius 1 is 1.07 bits per heavy atom. The maximum atomic E-state index is 13.6. The average Bonchev–Trinajstić information content (AvgIpc) is 3.31. The van der Waals surface area contributed by atoms with E-state index in [0.29, 0.717) is 11.3 Å². The van der Waals surface area contributed by atoms with Crippen molar-refractivity contribution in [3.63, 3.8) is 0 Å². The molecule has 3 heterocycles. The third kappa shape index (κ3) is 2.41. The van der Waals surface area contributed by atoms with E-state index in [1.807, 2.05) is 43.4 Å². The van der Waals surface area contributed by atoms with Crippen LogP contribution in [0.15, 0.2) is 48.5 Å². The van der Waals surface area contributed by atoms with Gasteiger partial charge in [0.2, 0.25) is 17.4 Å². The lowest BCUT2D eigenvalue weighted by Gasteiger charge is -2.27. The number of rotatable bonds is 3. The second-order valence-corrected chi connectivity index (χ2v) is 8.75. The Bertz CT molecular complexity index is 1070. The maximum absolute atomic E-state index is 13.6. The van der Waals surface area contributed by atoms with Crippen LogP contribution >= 0.6 is 0 Å². The quantitative estimate of drug-likeness (QED) is 0.753. The van der Waals surface area contributed by atoms with Crippen molar-refractivity contribution in [1.82, 2.24) is 4.90 Å². The summed E-state index contributed by atoms with van der Waals surface area (Å²) in [6.07, 6.45) is 0. The number of imide groups is 1. The highest BCUT2D eigenvalue weighted by Gasteiger charge is 2.74. The third-order valence-corrected chi connectivity index (χ3v) is 6.82. The second-order valence-electron chi connectivity index (χ2n) is 8.75. The average molecular weight is 408 g/mol. The van der Waals surface area contributed by atoms with E-state index < -0.39 is 17.4 Å². The lowest BCUT2D eigenvalue weighted by Crippen LogP contribution is -2.99. The Labute approximate surface area is 173 Å². The number of hydrogen-bond acceptors (Lipinski definition) is 3. The molecule has 0 radical (unpaired) electrons. The van der Waals surface area contributed by atoms with Gasteiger partial charge in [-0.2, -0.15) is 0 Å². The number of quaternary nitrogens is 1.